The van der Waals surface area contributed by atoms with Crippen molar-refractivity contribution in [3.05, 3.63) is 30.5 Å². The normalized spacial score (nSPS) is 16.8. The number of anilines is 2. The highest BCUT2D eigenvalue weighted by Gasteiger charge is 2.29. The van der Waals surface area contributed by atoms with E-state index in [0.29, 0.717) is 12.2 Å². The molecule has 0 radical (unpaired) electrons. The lowest BCUT2D eigenvalue weighted by atomic mass is 9.85. The minimum atomic E-state index is -0.698. The van der Waals surface area contributed by atoms with Crippen molar-refractivity contribution in [2.75, 3.05) is 23.1 Å². The highest BCUT2D eigenvalue weighted by molar-refractivity contribution is 6.29. The molecule has 128 valence electrons. The molecular weight excluding hydrogens is 326 g/mol. The first kappa shape index (κ1) is 17.0. The van der Waals surface area contributed by atoms with Crippen molar-refractivity contribution in [2.45, 2.75) is 37.7 Å². The van der Waals surface area contributed by atoms with E-state index in [0.717, 1.165) is 42.3 Å². The zero-order chi connectivity index (χ0) is 17.0. The van der Waals surface area contributed by atoms with E-state index in [1.165, 1.54) is 6.42 Å². The lowest BCUT2D eigenvalue weighted by Crippen LogP contribution is -2.39. The van der Waals surface area contributed by atoms with Crippen LogP contribution in [0.3, 0.4) is 0 Å². The maximum absolute atomic E-state index is 11.7. The van der Waals surface area contributed by atoms with Crippen LogP contribution in [0.1, 0.15) is 32.1 Å². The van der Waals surface area contributed by atoms with Gasteiger partial charge < -0.3 is 15.7 Å². The molecule has 24 heavy (non-hydrogen) atoms. The number of alkyl halides is 1. The molecule has 0 bridgehead atoms. The Bertz CT molecular complexity index is 729. The monoisotopic (exact) mass is 347 g/mol. The van der Waals surface area contributed by atoms with E-state index in [-0.39, 0.29) is 11.8 Å². The first-order valence-corrected chi connectivity index (χ1v) is 8.85. The third-order valence-electron chi connectivity index (χ3n) is 4.55. The van der Waals surface area contributed by atoms with E-state index >= 15 is 0 Å². The molecule has 0 saturated heterocycles. The molecule has 1 aliphatic carbocycles. The molecule has 6 heteroatoms. The van der Waals surface area contributed by atoms with Gasteiger partial charge in [0.2, 0.25) is 5.91 Å². The number of nitrogens with one attached hydrogen (secondary N) is 2. The predicted molar refractivity (Wildman–Crippen MR) is 97.6 cm³/mol. The first-order chi connectivity index (χ1) is 11.6. The van der Waals surface area contributed by atoms with Gasteiger partial charge in [-0.2, -0.15) is 0 Å². The summed E-state index contributed by atoms with van der Waals surface area (Å²) in [5.41, 5.74) is 1.49. The lowest BCUT2D eigenvalue weighted by molar-refractivity contribution is -0.113. The Labute approximate surface area is 146 Å². The number of aliphatic hydroxyl groups is 1. The number of carbonyl (C=O) groups excluding carboxylic acids is 1. The van der Waals surface area contributed by atoms with Gasteiger partial charge in [-0.3, -0.25) is 9.78 Å². The SMILES string of the molecule is O=C(CCl)Nc1cnc2ccccc2c1NCC1(O)CCCCC1. The Morgan fingerprint density at radius 1 is 1.25 bits per heavy atom. The molecule has 1 aliphatic rings. The molecule has 3 N–H and O–H groups in total. The number of halogens is 1. The van der Waals surface area contributed by atoms with Crippen LogP contribution in [0.2, 0.25) is 0 Å². The molecule has 3 rings (SSSR count). The fourth-order valence-corrected chi connectivity index (χ4v) is 3.32. The van der Waals surface area contributed by atoms with Crippen LogP contribution in [0, 0.1) is 0 Å². The van der Waals surface area contributed by atoms with Gasteiger partial charge in [-0.15, -0.1) is 11.6 Å². The van der Waals surface area contributed by atoms with Crippen molar-refractivity contribution in [3.63, 3.8) is 0 Å². The average Bonchev–Trinajstić information content (AvgIpc) is 2.61. The number of rotatable bonds is 5. The van der Waals surface area contributed by atoms with Crippen LogP contribution < -0.4 is 10.6 Å². The summed E-state index contributed by atoms with van der Waals surface area (Å²) in [7, 11) is 0. The second-order valence-corrected chi connectivity index (χ2v) is 6.65. The molecule has 2 aromatic rings. The van der Waals surface area contributed by atoms with Gasteiger partial charge in [0, 0.05) is 11.9 Å². The third kappa shape index (κ3) is 3.79. The first-order valence-electron chi connectivity index (χ1n) is 8.31. The Hall–Kier alpha value is -1.85. The smallest absolute Gasteiger partial charge is 0.239 e. The molecular formula is C18H22ClN3O2. The van der Waals surface area contributed by atoms with E-state index in [1.54, 1.807) is 6.20 Å². The van der Waals surface area contributed by atoms with E-state index < -0.39 is 5.60 Å². The number of para-hydroxylation sites is 1. The van der Waals surface area contributed by atoms with Gasteiger partial charge in [0.05, 0.1) is 28.7 Å². The summed E-state index contributed by atoms with van der Waals surface area (Å²) in [5, 5.41) is 17.8. The average molecular weight is 348 g/mol. The summed E-state index contributed by atoms with van der Waals surface area (Å²) in [6.07, 6.45) is 6.49. The van der Waals surface area contributed by atoms with Gasteiger partial charge in [-0.05, 0) is 18.9 Å². The van der Waals surface area contributed by atoms with Crippen molar-refractivity contribution in [1.29, 1.82) is 0 Å². The molecule has 1 aromatic heterocycles. The van der Waals surface area contributed by atoms with Gasteiger partial charge >= 0.3 is 0 Å². The minimum absolute atomic E-state index is 0.115. The summed E-state index contributed by atoms with van der Waals surface area (Å²) >= 11 is 5.60. The predicted octanol–water partition coefficient (Wildman–Crippen LogP) is 3.52. The van der Waals surface area contributed by atoms with Gasteiger partial charge in [0.25, 0.3) is 0 Å². The molecule has 1 aromatic carbocycles. The van der Waals surface area contributed by atoms with Gasteiger partial charge in [-0.1, -0.05) is 37.5 Å². The molecule has 0 unspecified atom stereocenters. The minimum Gasteiger partial charge on any atom is -0.388 e. The maximum Gasteiger partial charge on any atom is 0.239 e. The number of hydrogen-bond acceptors (Lipinski definition) is 4. The standard InChI is InChI=1S/C18H22ClN3O2/c19-10-16(23)22-15-11-20-14-7-3-2-6-13(14)17(15)21-12-18(24)8-4-1-5-9-18/h2-3,6-7,11,24H,1,4-5,8-10,12H2,(H,20,21)(H,22,23). The van der Waals surface area contributed by atoms with Crippen LogP contribution in [0.5, 0.6) is 0 Å². The number of pyridine rings is 1. The second-order valence-electron chi connectivity index (χ2n) is 6.38. The van der Waals surface area contributed by atoms with Gasteiger partial charge in [0.1, 0.15) is 5.88 Å². The Morgan fingerprint density at radius 2 is 2.00 bits per heavy atom. The van der Waals surface area contributed by atoms with Crippen molar-refractivity contribution >= 4 is 39.8 Å². The van der Waals surface area contributed by atoms with Gasteiger partial charge in [-0.25, -0.2) is 0 Å². The molecule has 1 heterocycles. The number of fused-ring (bicyclic) bond motifs is 1. The van der Waals surface area contributed by atoms with Crippen LogP contribution in [0.15, 0.2) is 30.5 Å². The van der Waals surface area contributed by atoms with Gasteiger partial charge in [0.15, 0.2) is 0 Å². The molecule has 1 fully saturated rings. The molecule has 1 saturated carbocycles. The van der Waals surface area contributed by atoms with E-state index in [1.807, 2.05) is 24.3 Å². The summed E-state index contributed by atoms with van der Waals surface area (Å²) < 4.78 is 0. The lowest BCUT2D eigenvalue weighted by Gasteiger charge is -2.33. The fourth-order valence-electron chi connectivity index (χ4n) is 3.25. The number of hydrogen-bond donors (Lipinski definition) is 3. The van der Waals surface area contributed by atoms with Crippen LogP contribution in [0.25, 0.3) is 10.9 Å². The molecule has 0 atom stereocenters. The maximum atomic E-state index is 11.7. The quantitative estimate of drug-likeness (QED) is 0.723. The largest absolute Gasteiger partial charge is 0.388 e. The van der Waals surface area contributed by atoms with Crippen molar-refractivity contribution in [2.24, 2.45) is 0 Å². The number of carbonyl (C=O) groups is 1. The number of benzene rings is 1. The Balaban J connectivity index is 1.90. The number of amides is 1. The topological polar surface area (TPSA) is 74.2 Å². The van der Waals surface area contributed by atoms with Crippen molar-refractivity contribution in [1.82, 2.24) is 4.98 Å². The van der Waals surface area contributed by atoms with Crippen LogP contribution >= 0.6 is 11.6 Å². The fraction of sp³-hybridized carbons (Fsp3) is 0.444. The third-order valence-corrected chi connectivity index (χ3v) is 4.79. The number of nitrogens with zero attached hydrogens (tertiary/aromatic N) is 1. The summed E-state index contributed by atoms with van der Waals surface area (Å²) in [6.45, 7) is 0.449. The van der Waals surface area contributed by atoms with E-state index in [2.05, 4.69) is 15.6 Å². The Kier molecular flexibility index (Phi) is 5.21. The molecule has 1 amide bonds. The summed E-state index contributed by atoms with van der Waals surface area (Å²) in [4.78, 5) is 16.1. The summed E-state index contributed by atoms with van der Waals surface area (Å²) in [6, 6.07) is 7.72. The van der Waals surface area contributed by atoms with Crippen LogP contribution in [0.4, 0.5) is 11.4 Å². The van der Waals surface area contributed by atoms with Crippen LogP contribution in [-0.4, -0.2) is 34.0 Å². The highest BCUT2D eigenvalue weighted by atomic mass is 35.5. The molecule has 5 nitrogen and oxygen atoms in total. The van der Waals surface area contributed by atoms with Crippen molar-refractivity contribution in [3.8, 4) is 0 Å². The Morgan fingerprint density at radius 3 is 2.75 bits per heavy atom. The van der Waals surface area contributed by atoms with E-state index in [4.69, 9.17) is 11.6 Å². The summed E-state index contributed by atoms with van der Waals surface area (Å²) in [5.74, 6) is -0.399. The van der Waals surface area contributed by atoms with E-state index in [9.17, 15) is 9.90 Å². The zero-order valence-electron chi connectivity index (χ0n) is 13.5. The number of aromatic nitrogens is 1. The van der Waals surface area contributed by atoms with Crippen LogP contribution in [-0.2, 0) is 4.79 Å². The zero-order valence-corrected chi connectivity index (χ0v) is 14.3. The second kappa shape index (κ2) is 7.36. The highest BCUT2D eigenvalue weighted by Crippen LogP contribution is 2.33. The molecule has 0 spiro atoms. The van der Waals surface area contributed by atoms with Crippen molar-refractivity contribution < 1.29 is 9.90 Å². The molecule has 0 aliphatic heterocycles.